The van der Waals surface area contributed by atoms with E-state index in [0.717, 1.165) is 5.56 Å². The van der Waals surface area contributed by atoms with Gasteiger partial charge in [0.2, 0.25) is 10.9 Å². The van der Waals surface area contributed by atoms with Gasteiger partial charge in [-0.2, -0.15) is 0 Å². The molecule has 0 aliphatic rings. The zero-order valence-electron chi connectivity index (χ0n) is 10.2. The third kappa shape index (κ3) is 4.56. The molecule has 0 heterocycles. The minimum Gasteiger partial charge on any atom is -0.299 e. The molecule has 1 N–H and O–H groups in total. The van der Waals surface area contributed by atoms with Gasteiger partial charge in [-0.3, -0.25) is 9.52 Å². The van der Waals surface area contributed by atoms with Crippen LogP contribution < -0.4 is 4.72 Å². The standard InChI is InChI=1S/C12H17NO3S/c1-12(2,3)11(14)8-9-4-6-10(7-5-9)13-17(15)16/h4-7,17H,8H2,1-3H3,(H,13,15,16). The number of hydrogen-bond acceptors (Lipinski definition) is 3. The third-order valence-corrected chi connectivity index (χ3v) is 2.82. The van der Waals surface area contributed by atoms with Crippen LogP contribution >= 0.6 is 0 Å². The summed E-state index contributed by atoms with van der Waals surface area (Å²) in [5.74, 6) is 0.160. The van der Waals surface area contributed by atoms with Gasteiger partial charge in [-0.15, -0.1) is 0 Å². The number of ketones is 1. The molecule has 0 unspecified atom stereocenters. The van der Waals surface area contributed by atoms with E-state index in [1.165, 1.54) is 0 Å². The van der Waals surface area contributed by atoms with E-state index in [9.17, 15) is 13.2 Å². The minimum absolute atomic E-state index is 0.160. The van der Waals surface area contributed by atoms with Gasteiger partial charge in [0, 0.05) is 17.5 Å². The lowest BCUT2D eigenvalue weighted by molar-refractivity contribution is -0.125. The summed E-state index contributed by atoms with van der Waals surface area (Å²) in [7, 11) is -2.64. The molecule has 17 heavy (non-hydrogen) atoms. The molecule has 5 heteroatoms. The van der Waals surface area contributed by atoms with Crippen molar-refractivity contribution in [1.29, 1.82) is 0 Å². The Kier molecular flexibility index (Phi) is 4.28. The Balaban J connectivity index is 2.72. The molecule has 0 fully saturated rings. The van der Waals surface area contributed by atoms with Gasteiger partial charge in [-0.1, -0.05) is 32.9 Å². The van der Waals surface area contributed by atoms with Crippen LogP contribution in [0, 0.1) is 5.41 Å². The number of anilines is 1. The van der Waals surface area contributed by atoms with Gasteiger partial charge in [0.05, 0.1) is 0 Å². The molecule has 0 aliphatic heterocycles. The molecule has 0 aliphatic carbocycles. The average molecular weight is 255 g/mol. The van der Waals surface area contributed by atoms with Crippen molar-refractivity contribution in [3.05, 3.63) is 29.8 Å². The molecule has 0 saturated heterocycles. The minimum atomic E-state index is -2.64. The zero-order chi connectivity index (χ0) is 13.1. The second-order valence-electron chi connectivity index (χ2n) is 4.92. The predicted molar refractivity (Wildman–Crippen MR) is 68.5 cm³/mol. The molecular weight excluding hydrogens is 238 g/mol. The van der Waals surface area contributed by atoms with Crippen LogP contribution in [0.3, 0.4) is 0 Å². The first-order chi connectivity index (χ1) is 7.79. The Labute approximate surface area is 103 Å². The van der Waals surface area contributed by atoms with E-state index in [0.29, 0.717) is 12.1 Å². The summed E-state index contributed by atoms with van der Waals surface area (Å²) in [6.07, 6.45) is 0.368. The maximum absolute atomic E-state index is 11.8. The number of Topliss-reactive ketones (excluding diaryl/α,β-unsaturated/α-hetero) is 1. The van der Waals surface area contributed by atoms with E-state index in [1.54, 1.807) is 24.3 Å². The number of carbonyl (C=O) groups is 1. The van der Waals surface area contributed by atoms with Crippen molar-refractivity contribution in [3.8, 4) is 0 Å². The van der Waals surface area contributed by atoms with Gasteiger partial charge in [0.25, 0.3) is 0 Å². The summed E-state index contributed by atoms with van der Waals surface area (Å²) in [6.45, 7) is 5.65. The highest BCUT2D eigenvalue weighted by molar-refractivity contribution is 7.73. The summed E-state index contributed by atoms with van der Waals surface area (Å²) in [4.78, 5) is 11.8. The summed E-state index contributed by atoms with van der Waals surface area (Å²) in [5.41, 5.74) is 1.04. The fourth-order valence-electron chi connectivity index (χ4n) is 1.25. The molecule has 0 aromatic heterocycles. The molecular formula is C12H17NO3S. The SMILES string of the molecule is CC(C)(C)C(=O)Cc1ccc(N[SH](=O)=O)cc1. The van der Waals surface area contributed by atoms with Gasteiger partial charge in [0.15, 0.2) is 0 Å². The van der Waals surface area contributed by atoms with Crippen molar-refractivity contribution in [3.63, 3.8) is 0 Å². The van der Waals surface area contributed by atoms with Crippen molar-refractivity contribution in [2.75, 3.05) is 4.72 Å². The van der Waals surface area contributed by atoms with Crippen molar-refractivity contribution in [2.24, 2.45) is 5.41 Å². The topological polar surface area (TPSA) is 63.2 Å². The van der Waals surface area contributed by atoms with Gasteiger partial charge in [0.1, 0.15) is 5.78 Å². The first-order valence-corrected chi connectivity index (χ1v) is 6.50. The fourth-order valence-corrected chi connectivity index (χ4v) is 1.61. The Morgan fingerprint density at radius 1 is 1.18 bits per heavy atom. The van der Waals surface area contributed by atoms with Gasteiger partial charge in [-0.05, 0) is 17.7 Å². The van der Waals surface area contributed by atoms with Crippen LogP contribution in [0.1, 0.15) is 26.3 Å². The van der Waals surface area contributed by atoms with Gasteiger partial charge < -0.3 is 0 Å². The smallest absolute Gasteiger partial charge is 0.222 e. The summed E-state index contributed by atoms with van der Waals surface area (Å²) in [6, 6.07) is 6.81. The second-order valence-corrected chi connectivity index (χ2v) is 5.65. The summed E-state index contributed by atoms with van der Waals surface area (Å²) in [5, 5.41) is 0. The monoisotopic (exact) mass is 255 g/mol. The fraction of sp³-hybridized carbons (Fsp3) is 0.417. The molecule has 1 aromatic carbocycles. The molecule has 0 saturated carbocycles. The van der Waals surface area contributed by atoms with Crippen molar-refractivity contribution in [1.82, 2.24) is 0 Å². The number of thiol groups is 1. The quantitative estimate of drug-likeness (QED) is 0.806. The number of nitrogens with one attached hydrogen (secondary N) is 1. The molecule has 0 radical (unpaired) electrons. The highest BCUT2D eigenvalue weighted by Crippen LogP contribution is 2.18. The molecule has 0 amide bonds. The molecule has 1 rings (SSSR count). The van der Waals surface area contributed by atoms with Crippen LogP contribution in [0.4, 0.5) is 5.69 Å². The second kappa shape index (κ2) is 5.31. The van der Waals surface area contributed by atoms with Crippen molar-refractivity contribution < 1.29 is 13.2 Å². The maximum atomic E-state index is 11.8. The van der Waals surface area contributed by atoms with Gasteiger partial charge in [-0.25, -0.2) is 8.42 Å². The zero-order valence-corrected chi connectivity index (χ0v) is 11.1. The molecule has 4 nitrogen and oxygen atoms in total. The van der Waals surface area contributed by atoms with Crippen LogP contribution in [-0.4, -0.2) is 14.2 Å². The van der Waals surface area contributed by atoms with E-state index in [1.807, 2.05) is 20.8 Å². The lowest BCUT2D eigenvalue weighted by atomic mass is 9.87. The lowest BCUT2D eigenvalue weighted by Crippen LogP contribution is -2.22. The van der Waals surface area contributed by atoms with E-state index in [4.69, 9.17) is 0 Å². The van der Waals surface area contributed by atoms with Crippen LogP contribution in [0.2, 0.25) is 0 Å². The van der Waals surface area contributed by atoms with E-state index >= 15 is 0 Å². The maximum Gasteiger partial charge on any atom is 0.222 e. The summed E-state index contributed by atoms with van der Waals surface area (Å²) >= 11 is 0. The normalized spacial score (nSPS) is 11.5. The van der Waals surface area contributed by atoms with Crippen molar-refractivity contribution >= 4 is 22.4 Å². The van der Waals surface area contributed by atoms with Crippen LogP contribution in [0.15, 0.2) is 24.3 Å². The van der Waals surface area contributed by atoms with E-state index in [2.05, 4.69) is 4.72 Å². The molecule has 0 spiro atoms. The molecule has 1 aromatic rings. The first-order valence-electron chi connectivity index (χ1n) is 5.32. The molecule has 94 valence electrons. The van der Waals surface area contributed by atoms with E-state index < -0.39 is 10.9 Å². The number of benzene rings is 1. The Hall–Kier alpha value is -1.36. The summed E-state index contributed by atoms with van der Waals surface area (Å²) < 4.78 is 23.2. The highest BCUT2D eigenvalue weighted by Gasteiger charge is 2.20. The van der Waals surface area contributed by atoms with Crippen LogP contribution in [0.5, 0.6) is 0 Å². The molecule has 0 bridgehead atoms. The highest BCUT2D eigenvalue weighted by atomic mass is 32.2. The third-order valence-electron chi connectivity index (χ3n) is 2.38. The predicted octanol–water partition coefficient (Wildman–Crippen LogP) is 1.78. The number of hydrogen-bond donors (Lipinski definition) is 2. The van der Waals surface area contributed by atoms with Crippen LogP contribution in [-0.2, 0) is 22.1 Å². The Bertz CT molecular complexity index is 462. The Morgan fingerprint density at radius 3 is 2.12 bits per heavy atom. The average Bonchev–Trinajstić information content (AvgIpc) is 2.18. The van der Waals surface area contributed by atoms with E-state index in [-0.39, 0.29) is 11.2 Å². The number of rotatable bonds is 4. The van der Waals surface area contributed by atoms with Crippen molar-refractivity contribution in [2.45, 2.75) is 27.2 Å². The first kappa shape index (κ1) is 13.7. The lowest BCUT2D eigenvalue weighted by Gasteiger charge is -2.16. The number of carbonyl (C=O) groups excluding carboxylic acids is 1. The Morgan fingerprint density at radius 2 is 1.71 bits per heavy atom. The molecule has 0 atom stereocenters. The van der Waals surface area contributed by atoms with Gasteiger partial charge >= 0.3 is 0 Å². The van der Waals surface area contributed by atoms with Crippen LogP contribution in [0.25, 0.3) is 0 Å². The largest absolute Gasteiger partial charge is 0.299 e.